The molecular weight excluding hydrogens is 216 g/mol. The third-order valence-corrected chi connectivity index (χ3v) is 2.49. The van der Waals surface area contributed by atoms with E-state index in [2.05, 4.69) is 23.3 Å². The van der Waals surface area contributed by atoms with Crippen LogP contribution in [0.15, 0.2) is 30.6 Å². The molecule has 0 saturated carbocycles. The molecule has 4 heteroatoms. The predicted octanol–water partition coefficient (Wildman–Crippen LogP) is 2.25. The predicted molar refractivity (Wildman–Crippen MR) is 64.8 cm³/mol. The molecule has 88 valence electrons. The fraction of sp³-hybridized carbons (Fsp3) is 0.231. The van der Waals surface area contributed by atoms with E-state index in [0.717, 1.165) is 11.1 Å². The molecule has 0 amide bonds. The van der Waals surface area contributed by atoms with Crippen LogP contribution in [0.1, 0.15) is 11.1 Å². The second-order valence-corrected chi connectivity index (χ2v) is 4.20. The van der Waals surface area contributed by atoms with Gasteiger partial charge < -0.3 is 5.11 Å². The van der Waals surface area contributed by atoms with Crippen LogP contribution < -0.4 is 0 Å². The second-order valence-electron chi connectivity index (χ2n) is 4.20. The topological polar surface area (TPSA) is 55.1 Å². The number of aromatic nitrogens is 2. The van der Waals surface area contributed by atoms with Crippen molar-refractivity contribution >= 4 is 5.97 Å². The minimum absolute atomic E-state index is 0.106. The maximum absolute atomic E-state index is 10.6. The highest BCUT2D eigenvalue weighted by Crippen LogP contribution is 2.21. The van der Waals surface area contributed by atoms with Crippen LogP contribution in [-0.4, -0.2) is 20.9 Å². The van der Waals surface area contributed by atoms with Crippen molar-refractivity contribution in [2.45, 2.75) is 20.4 Å². The van der Waals surface area contributed by atoms with Crippen molar-refractivity contribution in [2.24, 2.45) is 0 Å². The lowest BCUT2D eigenvalue weighted by Gasteiger charge is -2.02. The lowest BCUT2D eigenvalue weighted by atomic mass is 10.0. The van der Waals surface area contributed by atoms with Crippen LogP contribution in [0, 0.1) is 13.8 Å². The highest BCUT2D eigenvalue weighted by atomic mass is 16.4. The summed E-state index contributed by atoms with van der Waals surface area (Å²) in [5.74, 6) is -0.889. The van der Waals surface area contributed by atoms with E-state index >= 15 is 0 Å². The quantitative estimate of drug-likeness (QED) is 0.879. The Labute approximate surface area is 99.5 Å². The summed E-state index contributed by atoms with van der Waals surface area (Å²) in [6.45, 7) is 3.97. The van der Waals surface area contributed by atoms with Gasteiger partial charge in [0.15, 0.2) is 0 Å². The summed E-state index contributed by atoms with van der Waals surface area (Å²) in [6, 6.07) is 6.23. The van der Waals surface area contributed by atoms with E-state index < -0.39 is 5.97 Å². The number of rotatable bonds is 3. The summed E-state index contributed by atoms with van der Waals surface area (Å²) in [5, 5.41) is 12.7. The van der Waals surface area contributed by atoms with Crippen molar-refractivity contribution in [1.29, 1.82) is 0 Å². The minimum Gasteiger partial charge on any atom is -0.480 e. The van der Waals surface area contributed by atoms with Gasteiger partial charge in [-0.25, -0.2) is 0 Å². The van der Waals surface area contributed by atoms with Gasteiger partial charge in [-0.3, -0.25) is 9.48 Å². The zero-order valence-corrected chi connectivity index (χ0v) is 9.84. The van der Waals surface area contributed by atoms with Gasteiger partial charge in [0.25, 0.3) is 0 Å². The molecule has 1 aromatic carbocycles. The summed E-state index contributed by atoms with van der Waals surface area (Å²) in [5.41, 5.74) is 4.38. The molecule has 0 atom stereocenters. The molecule has 0 fully saturated rings. The van der Waals surface area contributed by atoms with Crippen molar-refractivity contribution in [1.82, 2.24) is 9.78 Å². The van der Waals surface area contributed by atoms with Crippen molar-refractivity contribution in [3.05, 3.63) is 41.7 Å². The number of aliphatic carboxylic acids is 1. The van der Waals surface area contributed by atoms with E-state index in [4.69, 9.17) is 5.11 Å². The van der Waals surface area contributed by atoms with Crippen molar-refractivity contribution < 1.29 is 9.90 Å². The monoisotopic (exact) mass is 230 g/mol. The average molecular weight is 230 g/mol. The highest BCUT2D eigenvalue weighted by molar-refractivity contribution is 5.67. The molecule has 0 unspecified atom stereocenters. The lowest BCUT2D eigenvalue weighted by Crippen LogP contribution is -2.08. The molecule has 17 heavy (non-hydrogen) atoms. The van der Waals surface area contributed by atoms with Crippen LogP contribution in [0.5, 0.6) is 0 Å². The Kier molecular flexibility index (Phi) is 2.95. The number of hydrogen-bond acceptors (Lipinski definition) is 2. The highest BCUT2D eigenvalue weighted by Gasteiger charge is 2.05. The van der Waals surface area contributed by atoms with Gasteiger partial charge in [-0.1, -0.05) is 29.3 Å². The summed E-state index contributed by atoms with van der Waals surface area (Å²) in [6.07, 6.45) is 3.44. The largest absolute Gasteiger partial charge is 0.480 e. The molecular formula is C13H14N2O2. The van der Waals surface area contributed by atoms with E-state index in [1.807, 2.05) is 13.8 Å². The van der Waals surface area contributed by atoms with Crippen molar-refractivity contribution in [2.75, 3.05) is 0 Å². The third kappa shape index (κ3) is 2.72. The molecule has 0 aliphatic rings. The molecule has 0 aliphatic carbocycles. The molecule has 1 N–H and O–H groups in total. The van der Waals surface area contributed by atoms with Gasteiger partial charge in [0, 0.05) is 11.8 Å². The Morgan fingerprint density at radius 3 is 2.47 bits per heavy atom. The minimum atomic E-state index is -0.889. The van der Waals surface area contributed by atoms with E-state index in [-0.39, 0.29) is 6.54 Å². The number of carboxylic acids is 1. The Hall–Kier alpha value is -2.10. The van der Waals surface area contributed by atoms with Crippen LogP contribution in [0.4, 0.5) is 0 Å². The standard InChI is InChI=1S/C13H14N2O2/c1-9-3-10(2)5-11(4-9)12-6-14-15(7-12)8-13(16)17/h3-7H,8H2,1-2H3,(H,16,17). The van der Waals surface area contributed by atoms with E-state index in [0.29, 0.717) is 0 Å². The van der Waals surface area contributed by atoms with Crippen LogP contribution in [0.3, 0.4) is 0 Å². The Bertz CT molecular complexity index is 538. The van der Waals surface area contributed by atoms with Crippen LogP contribution in [0.2, 0.25) is 0 Å². The summed E-state index contributed by atoms with van der Waals surface area (Å²) in [4.78, 5) is 10.6. The Morgan fingerprint density at radius 1 is 1.24 bits per heavy atom. The molecule has 2 aromatic rings. The zero-order chi connectivity index (χ0) is 12.4. The van der Waals surface area contributed by atoms with E-state index in [1.165, 1.54) is 15.8 Å². The fourth-order valence-electron chi connectivity index (χ4n) is 1.88. The number of aryl methyl sites for hydroxylation is 2. The maximum atomic E-state index is 10.6. The average Bonchev–Trinajstić information content (AvgIpc) is 2.63. The first-order chi connectivity index (χ1) is 8.04. The number of benzene rings is 1. The summed E-state index contributed by atoms with van der Waals surface area (Å²) < 4.78 is 1.43. The Balaban J connectivity index is 2.33. The first-order valence-corrected chi connectivity index (χ1v) is 5.37. The Morgan fingerprint density at radius 2 is 1.88 bits per heavy atom. The summed E-state index contributed by atoms with van der Waals surface area (Å²) >= 11 is 0. The number of nitrogens with zero attached hydrogens (tertiary/aromatic N) is 2. The molecule has 1 aromatic heterocycles. The van der Waals surface area contributed by atoms with Gasteiger partial charge in [0.2, 0.25) is 0 Å². The molecule has 0 spiro atoms. The van der Waals surface area contributed by atoms with Gasteiger partial charge in [-0.05, 0) is 19.4 Å². The number of hydrogen-bond donors (Lipinski definition) is 1. The first kappa shape index (κ1) is 11.4. The van der Waals surface area contributed by atoms with E-state index in [1.54, 1.807) is 12.4 Å². The van der Waals surface area contributed by atoms with Crippen LogP contribution in [0.25, 0.3) is 11.1 Å². The molecule has 0 bridgehead atoms. The summed E-state index contributed by atoms with van der Waals surface area (Å²) in [7, 11) is 0. The number of carboxylic acid groups (broad SMARTS) is 1. The first-order valence-electron chi connectivity index (χ1n) is 5.37. The van der Waals surface area contributed by atoms with Crippen LogP contribution >= 0.6 is 0 Å². The van der Waals surface area contributed by atoms with Gasteiger partial charge >= 0.3 is 5.97 Å². The second kappa shape index (κ2) is 4.41. The van der Waals surface area contributed by atoms with Gasteiger partial charge in [-0.15, -0.1) is 0 Å². The molecule has 0 radical (unpaired) electrons. The van der Waals surface area contributed by atoms with Gasteiger partial charge in [0.1, 0.15) is 6.54 Å². The zero-order valence-electron chi connectivity index (χ0n) is 9.84. The molecule has 4 nitrogen and oxygen atoms in total. The SMILES string of the molecule is Cc1cc(C)cc(-c2cnn(CC(=O)O)c2)c1. The van der Waals surface area contributed by atoms with Crippen molar-refractivity contribution in [3.63, 3.8) is 0 Å². The lowest BCUT2D eigenvalue weighted by molar-refractivity contribution is -0.137. The smallest absolute Gasteiger partial charge is 0.325 e. The molecule has 1 heterocycles. The maximum Gasteiger partial charge on any atom is 0.325 e. The molecule has 2 rings (SSSR count). The number of carbonyl (C=O) groups is 1. The van der Waals surface area contributed by atoms with Crippen molar-refractivity contribution in [3.8, 4) is 11.1 Å². The van der Waals surface area contributed by atoms with Gasteiger partial charge in [0.05, 0.1) is 6.20 Å². The van der Waals surface area contributed by atoms with Gasteiger partial charge in [-0.2, -0.15) is 5.10 Å². The third-order valence-electron chi connectivity index (χ3n) is 2.49. The fourth-order valence-corrected chi connectivity index (χ4v) is 1.88. The van der Waals surface area contributed by atoms with Crippen LogP contribution in [-0.2, 0) is 11.3 Å². The molecule has 0 saturated heterocycles. The van der Waals surface area contributed by atoms with E-state index in [9.17, 15) is 4.79 Å². The normalized spacial score (nSPS) is 10.5. The molecule has 0 aliphatic heterocycles.